The molecule has 4 nitrogen and oxygen atoms in total. The van der Waals surface area contributed by atoms with Crippen LogP contribution in [0.3, 0.4) is 0 Å². The number of ether oxygens (including phenoxy) is 1. The Morgan fingerprint density at radius 1 is 1.62 bits per heavy atom. The molecule has 0 fully saturated rings. The Bertz CT molecular complexity index is 294. The quantitative estimate of drug-likeness (QED) is 0.745. The van der Waals surface area contributed by atoms with Gasteiger partial charge in [-0.2, -0.15) is 0 Å². The largest absolute Gasteiger partial charge is 0.456 e. The van der Waals surface area contributed by atoms with Gasteiger partial charge in [-0.3, -0.25) is 9.59 Å². The first-order valence-electron chi connectivity index (χ1n) is 3.65. The topological polar surface area (TPSA) is 55.4 Å². The molecule has 0 aliphatic heterocycles. The number of nitrogens with one attached hydrogen (secondary N) is 1. The van der Waals surface area contributed by atoms with Gasteiger partial charge in [0, 0.05) is 6.92 Å². The first-order valence-corrected chi connectivity index (χ1v) is 4.53. The summed E-state index contributed by atoms with van der Waals surface area (Å²) in [7, 11) is 0. The van der Waals surface area contributed by atoms with E-state index in [0.717, 1.165) is 5.00 Å². The fourth-order valence-electron chi connectivity index (χ4n) is 0.690. The van der Waals surface area contributed by atoms with Crippen molar-refractivity contribution in [1.29, 1.82) is 0 Å². The van der Waals surface area contributed by atoms with Gasteiger partial charge < -0.3 is 10.1 Å². The fraction of sp³-hybridized carbons (Fsp3) is 0.250. The van der Waals surface area contributed by atoms with E-state index in [1.165, 1.54) is 18.3 Å². The zero-order chi connectivity index (χ0) is 9.68. The molecule has 13 heavy (non-hydrogen) atoms. The van der Waals surface area contributed by atoms with E-state index >= 15 is 0 Å². The minimum Gasteiger partial charge on any atom is -0.456 e. The van der Waals surface area contributed by atoms with E-state index in [2.05, 4.69) is 10.1 Å². The minimum atomic E-state index is -0.457. The van der Waals surface area contributed by atoms with E-state index < -0.39 is 5.97 Å². The van der Waals surface area contributed by atoms with Crippen molar-refractivity contribution in [2.75, 3.05) is 11.9 Å². The SMILES string of the molecule is CC(=O)OCC(=O)Nc1cccs1. The molecule has 0 radical (unpaired) electrons. The van der Waals surface area contributed by atoms with Crippen LogP contribution in [0.2, 0.25) is 0 Å². The van der Waals surface area contributed by atoms with Crippen LogP contribution >= 0.6 is 11.3 Å². The monoisotopic (exact) mass is 199 g/mol. The van der Waals surface area contributed by atoms with E-state index in [1.807, 2.05) is 11.4 Å². The maximum absolute atomic E-state index is 11.0. The average Bonchev–Trinajstić information content (AvgIpc) is 2.53. The number of thiophene rings is 1. The van der Waals surface area contributed by atoms with Gasteiger partial charge in [0.2, 0.25) is 0 Å². The second-order valence-electron chi connectivity index (χ2n) is 2.31. The Morgan fingerprint density at radius 3 is 2.92 bits per heavy atom. The molecule has 1 aromatic heterocycles. The molecule has 70 valence electrons. The maximum atomic E-state index is 11.0. The summed E-state index contributed by atoms with van der Waals surface area (Å²) in [5, 5.41) is 5.18. The standard InChI is InChI=1S/C8H9NO3S/c1-6(10)12-5-7(11)9-8-3-2-4-13-8/h2-4H,5H2,1H3,(H,9,11). The van der Waals surface area contributed by atoms with Crippen molar-refractivity contribution >= 4 is 28.2 Å². The summed E-state index contributed by atoms with van der Waals surface area (Å²) >= 11 is 1.41. The number of hydrogen-bond donors (Lipinski definition) is 1. The molecule has 0 unspecified atom stereocenters. The smallest absolute Gasteiger partial charge is 0.303 e. The molecule has 1 aromatic rings. The van der Waals surface area contributed by atoms with Crippen molar-refractivity contribution in [2.45, 2.75) is 6.92 Å². The highest BCUT2D eigenvalue weighted by Gasteiger charge is 2.04. The Labute approximate surface area is 79.5 Å². The van der Waals surface area contributed by atoms with Gasteiger partial charge >= 0.3 is 5.97 Å². The molecule has 0 aliphatic carbocycles. The van der Waals surface area contributed by atoms with Gasteiger partial charge in [-0.1, -0.05) is 0 Å². The van der Waals surface area contributed by atoms with E-state index in [0.29, 0.717) is 0 Å². The third-order valence-corrected chi connectivity index (χ3v) is 1.98. The normalized spacial score (nSPS) is 9.31. The predicted octanol–water partition coefficient (Wildman–Crippen LogP) is 1.25. The molecule has 1 heterocycles. The van der Waals surface area contributed by atoms with Crippen LogP contribution in [0, 0.1) is 0 Å². The third kappa shape index (κ3) is 3.71. The molecular weight excluding hydrogens is 190 g/mol. The molecule has 0 atom stereocenters. The van der Waals surface area contributed by atoms with Crippen molar-refractivity contribution < 1.29 is 14.3 Å². The van der Waals surface area contributed by atoms with E-state index in [1.54, 1.807) is 6.07 Å². The molecule has 0 saturated heterocycles. The maximum Gasteiger partial charge on any atom is 0.303 e. The number of rotatable bonds is 3. The van der Waals surface area contributed by atoms with Gasteiger partial charge in [0.1, 0.15) is 0 Å². The van der Waals surface area contributed by atoms with Gasteiger partial charge in [0.15, 0.2) is 6.61 Å². The number of esters is 1. The zero-order valence-electron chi connectivity index (χ0n) is 7.07. The predicted molar refractivity (Wildman–Crippen MR) is 49.6 cm³/mol. The van der Waals surface area contributed by atoms with Crippen LogP contribution in [-0.4, -0.2) is 18.5 Å². The highest BCUT2D eigenvalue weighted by molar-refractivity contribution is 7.14. The van der Waals surface area contributed by atoms with Gasteiger partial charge in [-0.05, 0) is 17.5 Å². The van der Waals surface area contributed by atoms with Crippen LogP contribution in [0.4, 0.5) is 5.00 Å². The van der Waals surface area contributed by atoms with Crippen LogP contribution < -0.4 is 5.32 Å². The summed E-state index contributed by atoms with van der Waals surface area (Å²) in [5.41, 5.74) is 0. The van der Waals surface area contributed by atoms with E-state index in [-0.39, 0.29) is 12.5 Å². The number of carbonyl (C=O) groups excluding carboxylic acids is 2. The lowest BCUT2D eigenvalue weighted by atomic mass is 10.6. The molecule has 0 aliphatic rings. The summed E-state index contributed by atoms with van der Waals surface area (Å²) in [6, 6.07) is 3.60. The van der Waals surface area contributed by atoms with Crippen molar-refractivity contribution in [1.82, 2.24) is 0 Å². The number of carbonyl (C=O) groups is 2. The Morgan fingerprint density at radius 2 is 2.38 bits per heavy atom. The third-order valence-electron chi connectivity index (χ3n) is 1.19. The summed E-state index contributed by atoms with van der Waals surface area (Å²) in [6.45, 7) is 1.03. The van der Waals surface area contributed by atoms with Crippen LogP contribution in [0.1, 0.15) is 6.92 Å². The van der Waals surface area contributed by atoms with Crippen molar-refractivity contribution in [2.24, 2.45) is 0 Å². The molecule has 0 saturated carbocycles. The van der Waals surface area contributed by atoms with Gasteiger partial charge in [0.05, 0.1) is 5.00 Å². The molecule has 0 aromatic carbocycles. The minimum absolute atomic E-state index is 0.229. The lowest BCUT2D eigenvalue weighted by molar-refractivity contribution is -0.144. The molecule has 0 spiro atoms. The zero-order valence-corrected chi connectivity index (χ0v) is 7.89. The lowest BCUT2D eigenvalue weighted by Crippen LogP contribution is -2.19. The second kappa shape index (κ2) is 4.61. The lowest BCUT2D eigenvalue weighted by Gasteiger charge is -2.01. The van der Waals surface area contributed by atoms with Crippen LogP contribution in [0.5, 0.6) is 0 Å². The molecular formula is C8H9NO3S. The van der Waals surface area contributed by atoms with Crippen molar-refractivity contribution in [3.63, 3.8) is 0 Å². The highest BCUT2D eigenvalue weighted by atomic mass is 32.1. The second-order valence-corrected chi connectivity index (χ2v) is 3.25. The first kappa shape index (κ1) is 9.73. The van der Waals surface area contributed by atoms with Crippen LogP contribution in [-0.2, 0) is 14.3 Å². The van der Waals surface area contributed by atoms with Crippen molar-refractivity contribution in [3.8, 4) is 0 Å². The van der Waals surface area contributed by atoms with Gasteiger partial charge in [-0.15, -0.1) is 11.3 Å². The Balaban J connectivity index is 2.30. The van der Waals surface area contributed by atoms with E-state index in [9.17, 15) is 9.59 Å². The molecule has 5 heteroatoms. The fourth-order valence-corrected chi connectivity index (χ4v) is 1.32. The van der Waals surface area contributed by atoms with Gasteiger partial charge in [-0.25, -0.2) is 0 Å². The highest BCUT2D eigenvalue weighted by Crippen LogP contribution is 2.14. The molecule has 1 rings (SSSR count). The summed E-state index contributed by atoms with van der Waals surface area (Å²) in [4.78, 5) is 21.4. The Hall–Kier alpha value is -1.36. The summed E-state index contributed by atoms with van der Waals surface area (Å²) in [5.74, 6) is -0.779. The van der Waals surface area contributed by atoms with Crippen LogP contribution in [0.25, 0.3) is 0 Å². The Kier molecular flexibility index (Phi) is 3.45. The molecule has 1 N–H and O–H groups in total. The molecule has 0 bridgehead atoms. The summed E-state index contributed by atoms with van der Waals surface area (Å²) < 4.78 is 4.51. The van der Waals surface area contributed by atoms with Crippen LogP contribution in [0.15, 0.2) is 17.5 Å². The van der Waals surface area contributed by atoms with E-state index in [4.69, 9.17) is 0 Å². The first-order chi connectivity index (χ1) is 6.18. The summed E-state index contributed by atoms with van der Waals surface area (Å²) in [6.07, 6.45) is 0. The molecule has 1 amide bonds. The van der Waals surface area contributed by atoms with Gasteiger partial charge in [0.25, 0.3) is 5.91 Å². The number of hydrogen-bond acceptors (Lipinski definition) is 4. The van der Waals surface area contributed by atoms with Crippen molar-refractivity contribution in [3.05, 3.63) is 17.5 Å². The average molecular weight is 199 g/mol. The number of anilines is 1. The number of amides is 1.